The van der Waals surface area contributed by atoms with E-state index in [1.807, 2.05) is 47.4 Å². The van der Waals surface area contributed by atoms with Crippen LogP contribution in [0.5, 0.6) is 0 Å². The summed E-state index contributed by atoms with van der Waals surface area (Å²) >= 11 is 6.07. The molecule has 1 aliphatic heterocycles. The van der Waals surface area contributed by atoms with E-state index in [2.05, 4.69) is 10.00 Å². The van der Waals surface area contributed by atoms with E-state index in [0.29, 0.717) is 29.0 Å². The molecule has 2 aromatic carbocycles. The SMILES string of the molecule is O=C(Cn1ncc(=O)c2ccccc21)N1CCN(c2cccc(Cl)c2)CC1. The van der Waals surface area contributed by atoms with Gasteiger partial charge in [-0.25, -0.2) is 0 Å². The molecule has 0 N–H and O–H groups in total. The fourth-order valence-electron chi connectivity index (χ4n) is 3.40. The van der Waals surface area contributed by atoms with Crippen molar-refractivity contribution >= 4 is 34.1 Å². The lowest BCUT2D eigenvalue weighted by Crippen LogP contribution is -2.49. The van der Waals surface area contributed by atoms with Gasteiger partial charge in [-0.1, -0.05) is 29.8 Å². The Morgan fingerprint density at radius 3 is 2.59 bits per heavy atom. The molecule has 6 nitrogen and oxygen atoms in total. The number of fused-ring (bicyclic) bond motifs is 1. The van der Waals surface area contributed by atoms with Gasteiger partial charge in [0.2, 0.25) is 11.3 Å². The van der Waals surface area contributed by atoms with Gasteiger partial charge in [-0.2, -0.15) is 5.10 Å². The molecule has 0 spiro atoms. The van der Waals surface area contributed by atoms with E-state index in [0.717, 1.165) is 18.8 Å². The van der Waals surface area contributed by atoms with Crippen LogP contribution in [0.15, 0.2) is 59.5 Å². The van der Waals surface area contributed by atoms with Crippen LogP contribution in [0.3, 0.4) is 0 Å². The Balaban J connectivity index is 1.45. The molecule has 1 saturated heterocycles. The highest BCUT2D eigenvalue weighted by atomic mass is 35.5. The van der Waals surface area contributed by atoms with E-state index in [4.69, 9.17) is 11.6 Å². The van der Waals surface area contributed by atoms with Crippen LogP contribution in [0.1, 0.15) is 0 Å². The maximum absolute atomic E-state index is 12.7. The Kier molecular flexibility index (Phi) is 4.81. The topological polar surface area (TPSA) is 58.4 Å². The van der Waals surface area contributed by atoms with Crippen LogP contribution < -0.4 is 10.3 Å². The largest absolute Gasteiger partial charge is 0.368 e. The number of carbonyl (C=O) groups is 1. The number of para-hydroxylation sites is 1. The molecule has 1 amide bonds. The van der Waals surface area contributed by atoms with Crippen LogP contribution in [0.2, 0.25) is 5.02 Å². The van der Waals surface area contributed by atoms with Crippen LogP contribution in [0.25, 0.3) is 10.9 Å². The number of nitrogens with zero attached hydrogens (tertiary/aromatic N) is 4. The Morgan fingerprint density at radius 2 is 1.81 bits per heavy atom. The quantitative estimate of drug-likeness (QED) is 0.698. The van der Waals surface area contributed by atoms with E-state index in [-0.39, 0.29) is 17.9 Å². The van der Waals surface area contributed by atoms with E-state index in [1.165, 1.54) is 6.20 Å². The van der Waals surface area contributed by atoms with E-state index >= 15 is 0 Å². The summed E-state index contributed by atoms with van der Waals surface area (Å²) in [6.07, 6.45) is 1.27. The Bertz CT molecular complexity index is 1040. The number of hydrogen-bond donors (Lipinski definition) is 0. The molecule has 0 aliphatic carbocycles. The number of anilines is 1. The van der Waals surface area contributed by atoms with Crippen molar-refractivity contribution in [1.82, 2.24) is 14.7 Å². The summed E-state index contributed by atoms with van der Waals surface area (Å²) in [7, 11) is 0. The summed E-state index contributed by atoms with van der Waals surface area (Å²) in [6.45, 7) is 2.92. The number of halogens is 1. The summed E-state index contributed by atoms with van der Waals surface area (Å²) in [6, 6.07) is 15.0. The van der Waals surface area contributed by atoms with Gasteiger partial charge in [-0.3, -0.25) is 14.3 Å². The number of benzene rings is 2. The zero-order valence-corrected chi connectivity index (χ0v) is 15.5. The van der Waals surface area contributed by atoms with Crippen molar-refractivity contribution in [3.8, 4) is 0 Å². The second-order valence-electron chi connectivity index (χ2n) is 6.53. The van der Waals surface area contributed by atoms with Crippen molar-refractivity contribution in [2.45, 2.75) is 6.54 Å². The summed E-state index contributed by atoms with van der Waals surface area (Å²) in [5, 5.41) is 5.43. The number of amides is 1. The smallest absolute Gasteiger partial charge is 0.244 e. The van der Waals surface area contributed by atoms with E-state index in [1.54, 1.807) is 10.7 Å². The second kappa shape index (κ2) is 7.40. The van der Waals surface area contributed by atoms with Gasteiger partial charge in [0.1, 0.15) is 6.54 Å². The maximum Gasteiger partial charge on any atom is 0.244 e. The lowest BCUT2D eigenvalue weighted by atomic mass is 10.2. The normalized spacial score (nSPS) is 14.6. The molecule has 0 radical (unpaired) electrons. The van der Waals surface area contributed by atoms with Crippen molar-refractivity contribution in [2.24, 2.45) is 0 Å². The van der Waals surface area contributed by atoms with Crippen LogP contribution in [-0.2, 0) is 11.3 Å². The van der Waals surface area contributed by atoms with Gasteiger partial charge >= 0.3 is 0 Å². The Morgan fingerprint density at radius 1 is 1.04 bits per heavy atom. The monoisotopic (exact) mass is 382 g/mol. The zero-order chi connectivity index (χ0) is 18.8. The van der Waals surface area contributed by atoms with E-state index < -0.39 is 0 Å². The van der Waals surface area contributed by atoms with Crippen LogP contribution in [0.4, 0.5) is 5.69 Å². The number of aromatic nitrogens is 2. The molecule has 2 heterocycles. The minimum Gasteiger partial charge on any atom is -0.368 e. The molecule has 1 fully saturated rings. The average molecular weight is 383 g/mol. The summed E-state index contributed by atoms with van der Waals surface area (Å²) in [5.74, 6) is 0.00189. The summed E-state index contributed by atoms with van der Waals surface area (Å²) in [4.78, 5) is 28.7. The van der Waals surface area contributed by atoms with E-state index in [9.17, 15) is 9.59 Å². The van der Waals surface area contributed by atoms with Crippen molar-refractivity contribution < 1.29 is 4.79 Å². The minimum absolute atomic E-state index is 0.00189. The molecule has 0 saturated carbocycles. The molecular weight excluding hydrogens is 364 g/mol. The first-order valence-corrected chi connectivity index (χ1v) is 9.23. The van der Waals surface area contributed by atoms with Crippen molar-refractivity contribution in [2.75, 3.05) is 31.1 Å². The highest BCUT2D eigenvalue weighted by molar-refractivity contribution is 6.30. The first kappa shape index (κ1) is 17.5. The number of hydrogen-bond acceptors (Lipinski definition) is 4. The van der Waals surface area contributed by atoms with Gasteiger partial charge in [0.25, 0.3) is 0 Å². The highest BCUT2D eigenvalue weighted by Gasteiger charge is 2.22. The predicted octanol–water partition coefficient (Wildman–Crippen LogP) is 2.40. The molecule has 0 atom stereocenters. The summed E-state index contributed by atoms with van der Waals surface area (Å²) in [5.41, 5.74) is 1.61. The first-order chi connectivity index (χ1) is 13.1. The molecule has 7 heteroatoms. The minimum atomic E-state index is -0.135. The van der Waals surface area contributed by atoms with Crippen molar-refractivity contribution in [1.29, 1.82) is 0 Å². The highest BCUT2D eigenvalue weighted by Crippen LogP contribution is 2.21. The van der Waals surface area contributed by atoms with Crippen LogP contribution in [0, 0.1) is 0 Å². The predicted molar refractivity (Wildman–Crippen MR) is 106 cm³/mol. The third kappa shape index (κ3) is 3.66. The van der Waals surface area contributed by atoms with Crippen molar-refractivity contribution in [3.63, 3.8) is 0 Å². The number of rotatable bonds is 3. The first-order valence-electron chi connectivity index (χ1n) is 8.85. The van der Waals surface area contributed by atoms with Gasteiger partial charge in [-0.15, -0.1) is 0 Å². The lowest BCUT2D eigenvalue weighted by molar-refractivity contribution is -0.132. The van der Waals surface area contributed by atoms with Crippen molar-refractivity contribution in [3.05, 3.63) is 70.0 Å². The third-order valence-corrected chi connectivity index (χ3v) is 5.09. The average Bonchev–Trinajstić information content (AvgIpc) is 2.70. The van der Waals surface area contributed by atoms with Crippen LogP contribution >= 0.6 is 11.6 Å². The molecule has 0 unspecified atom stereocenters. The Labute approximate surface area is 161 Å². The molecule has 4 rings (SSSR count). The molecule has 0 bridgehead atoms. The second-order valence-corrected chi connectivity index (χ2v) is 6.97. The number of carbonyl (C=O) groups excluding carboxylic acids is 1. The van der Waals surface area contributed by atoms with Gasteiger partial charge in [0.15, 0.2) is 0 Å². The Hall–Kier alpha value is -2.86. The number of piperazine rings is 1. The molecular formula is C20H19ClN4O2. The standard InChI is InChI=1S/C20H19ClN4O2/c21-15-4-3-5-16(12-15)23-8-10-24(11-9-23)20(27)14-25-18-7-2-1-6-17(18)19(26)13-22-25/h1-7,12-13H,8-11,14H2. The maximum atomic E-state index is 12.7. The molecule has 1 aromatic heterocycles. The lowest BCUT2D eigenvalue weighted by Gasteiger charge is -2.36. The fourth-order valence-corrected chi connectivity index (χ4v) is 3.59. The van der Waals surface area contributed by atoms with Gasteiger partial charge in [0, 0.05) is 42.3 Å². The van der Waals surface area contributed by atoms with Gasteiger partial charge in [-0.05, 0) is 30.3 Å². The summed E-state index contributed by atoms with van der Waals surface area (Å²) < 4.78 is 1.60. The fraction of sp³-hybridized carbons (Fsp3) is 0.250. The molecule has 27 heavy (non-hydrogen) atoms. The van der Waals surface area contributed by atoms with Gasteiger partial charge < -0.3 is 9.80 Å². The van der Waals surface area contributed by atoms with Crippen LogP contribution in [-0.4, -0.2) is 46.8 Å². The molecule has 138 valence electrons. The third-order valence-electron chi connectivity index (χ3n) is 4.85. The van der Waals surface area contributed by atoms with Gasteiger partial charge in [0.05, 0.1) is 11.7 Å². The zero-order valence-electron chi connectivity index (χ0n) is 14.7. The molecule has 1 aliphatic rings. The molecule has 3 aromatic rings.